The molecule has 0 saturated carbocycles. The Labute approximate surface area is 133 Å². The van der Waals surface area contributed by atoms with Crippen LogP contribution < -0.4 is 11.3 Å². The Bertz CT molecular complexity index is 251. The third-order valence-electron chi connectivity index (χ3n) is 5.59. The van der Waals surface area contributed by atoms with E-state index in [2.05, 4.69) is 31.1 Å². The first-order valence-corrected chi connectivity index (χ1v) is 9.40. The van der Waals surface area contributed by atoms with Crippen LogP contribution >= 0.6 is 0 Å². The van der Waals surface area contributed by atoms with Crippen molar-refractivity contribution in [2.75, 3.05) is 13.1 Å². The van der Waals surface area contributed by atoms with E-state index in [1.165, 1.54) is 83.7 Å². The minimum atomic E-state index is 0.221. The lowest BCUT2D eigenvalue weighted by molar-refractivity contribution is 0.0394. The summed E-state index contributed by atoms with van der Waals surface area (Å²) >= 11 is 0. The number of hydrazine groups is 1. The molecule has 3 nitrogen and oxygen atoms in total. The molecular formula is C18H39N3. The second kappa shape index (κ2) is 10.6. The van der Waals surface area contributed by atoms with E-state index in [9.17, 15) is 0 Å². The van der Waals surface area contributed by atoms with Crippen LogP contribution in [0.5, 0.6) is 0 Å². The number of piperidine rings is 1. The monoisotopic (exact) mass is 297 g/mol. The zero-order valence-corrected chi connectivity index (χ0v) is 14.8. The average molecular weight is 298 g/mol. The third-order valence-corrected chi connectivity index (χ3v) is 5.59. The summed E-state index contributed by atoms with van der Waals surface area (Å²) in [4.78, 5) is 2.69. The van der Waals surface area contributed by atoms with Crippen LogP contribution in [0.15, 0.2) is 0 Å². The quantitative estimate of drug-likeness (QED) is 0.341. The van der Waals surface area contributed by atoms with Gasteiger partial charge in [-0.1, -0.05) is 58.8 Å². The van der Waals surface area contributed by atoms with E-state index in [0.717, 1.165) is 0 Å². The summed E-state index contributed by atoms with van der Waals surface area (Å²) in [7, 11) is 0. The predicted molar refractivity (Wildman–Crippen MR) is 93.2 cm³/mol. The molecule has 0 spiro atoms. The SMILES string of the molecule is CCCCCCCCC(NN)C(C)(CC)N1CCCCC1. The summed E-state index contributed by atoms with van der Waals surface area (Å²) in [5, 5.41) is 0. The van der Waals surface area contributed by atoms with Crippen LogP contribution in [0.4, 0.5) is 0 Å². The number of nitrogens with two attached hydrogens (primary N) is 1. The lowest BCUT2D eigenvalue weighted by Gasteiger charge is -2.48. The summed E-state index contributed by atoms with van der Waals surface area (Å²) in [5.41, 5.74) is 3.37. The van der Waals surface area contributed by atoms with Crippen LogP contribution in [0, 0.1) is 0 Å². The zero-order chi connectivity index (χ0) is 15.6. The molecule has 0 bridgehead atoms. The Morgan fingerprint density at radius 3 is 2.19 bits per heavy atom. The van der Waals surface area contributed by atoms with Gasteiger partial charge in [0.25, 0.3) is 0 Å². The highest BCUT2D eigenvalue weighted by Gasteiger charge is 2.37. The minimum Gasteiger partial charge on any atom is -0.296 e. The van der Waals surface area contributed by atoms with Gasteiger partial charge in [-0.2, -0.15) is 0 Å². The first-order chi connectivity index (χ1) is 10.2. The molecule has 126 valence electrons. The maximum absolute atomic E-state index is 5.93. The van der Waals surface area contributed by atoms with E-state index in [1.54, 1.807) is 0 Å². The second-order valence-electron chi connectivity index (χ2n) is 7.03. The number of hydrogen-bond acceptors (Lipinski definition) is 3. The number of unbranched alkanes of at least 4 members (excludes halogenated alkanes) is 5. The molecular weight excluding hydrogens is 258 g/mol. The Morgan fingerprint density at radius 1 is 1.00 bits per heavy atom. The van der Waals surface area contributed by atoms with Crippen molar-refractivity contribution in [3.05, 3.63) is 0 Å². The molecule has 3 N–H and O–H groups in total. The molecule has 2 atom stereocenters. The van der Waals surface area contributed by atoms with Crippen molar-refractivity contribution >= 4 is 0 Å². The molecule has 1 rings (SSSR count). The van der Waals surface area contributed by atoms with Crippen LogP contribution in [-0.4, -0.2) is 29.6 Å². The summed E-state index contributed by atoms with van der Waals surface area (Å²) in [6.07, 6.45) is 14.7. The number of likely N-dealkylation sites (tertiary alicyclic amines) is 1. The molecule has 1 aliphatic rings. The molecule has 0 radical (unpaired) electrons. The van der Waals surface area contributed by atoms with Gasteiger partial charge in [-0.15, -0.1) is 0 Å². The van der Waals surface area contributed by atoms with Crippen LogP contribution in [0.2, 0.25) is 0 Å². The van der Waals surface area contributed by atoms with Crippen molar-refractivity contribution in [3.63, 3.8) is 0 Å². The van der Waals surface area contributed by atoms with Crippen LogP contribution in [0.3, 0.4) is 0 Å². The zero-order valence-electron chi connectivity index (χ0n) is 14.8. The highest BCUT2D eigenvalue weighted by molar-refractivity contribution is 4.96. The smallest absolute Gasteiger partial charge is 0.0392 e. The van der Waals surface area contributed by atoms with Gasteiger partial charge in [-0.05, 0) is 45.7 Å². The Balaban J connectivity index is 2.42. The van der Waals surface area contributed by atoms with Crippen molar-refractivity contribution < 1.29 is 0 Å². The van der Waals surface area contributed by atoms with Crippen molar-refractivity contribution in [3.8, 4) is 0 Å². The first kappa shape index (κ1) is 18.9. The summed E-state index contributed by atoms with van der Waals surface area (Å²) in [6.45, 7) is 9.51. The first-order valence-electron chi connectivity index (χ1n) is 9.40. The molecule has 1 aliphatic heterocycles. The molecule has 0 aromatic heterocycles. The lowest BCUT2D eigenvalue weighted by Crippen LogP contribution is -2.61. The largest absolute Gasteiger partial charge is 0.296 e. The molecule has 0 amide bonds. The van der Waals surface area contributed by atoms with Crippen LogP contribution in [-0.2, 0) is 0 Å². The topological polar surface area (TPSA) is 41.3 Å². The third kappa shape index (κ3) is 5.88. The second-order valence-corrected chi connectivity index (χ2v) is 7.03. The lowest BCUT2D eigenvalue weighted by atomic mass is 9.83. The summed E-state index contributed by atoms with van der Waals surface area (Å²) < 4.78 is 0. The van der Waals surface area contributed by atoms with E-state index < -0.39 is 0 Å². The van der Waals surface area contributed by atoms with Crippen LogP contribution in [0.25, 0.3) is 0 Å². The number of nitrogens with one attached hydrogen (secondary N) is 1. The summed E-state index contributed by atoms with van der Waals surface area (Å²) in [6, 6.07) is 0.423. The maximum atomic E-state index is 5.93. The molecule has 1 saturated heterocycles. The van der Waals surface area contributed by atoms with Gasteiger partial charge in [-0.3, -0.25) is 16.2 Å². The van der Waals surface area contributed by atoms with Gasteiger partial charge in [0.2, 0.25) is 0 Å². The highest BCUT2D eigenvalue weighted by Crippen LogP contribution is 2.29. The fourth-order valence-corrected chi connectivity index (χ4v) is 3.80. The van der Waals surface area contributed by atoms with Crippen LogP contribution in [0.1, 0.15) is 91.4 Å². The fraction of sp³-hybridized carbons (Fsp3) is 1.00. The maximum Gasteiger partial charge on any atom is 0.0392 e. The molecule has 0 aromatic rings. The van der Waals surface area contributed by atoms with Crippen molar-refractivity contribution in [1.82, 2.24) is 10.3 Å². The van der Waals surface area contributed by atoms with E-state index in [-0.39, 0.29) is 5.54 Å². The Kier molecular flexibility index (Phi) is 9.54. The van der Waals surface area contributed by atoms with Crippen molar-refractivity contribution in [2.45, 2.75) is 103 Å². The normalized spacial score (nSPS) is 21.1. The van der Waals surface area contributed by atoms with Gasteiger partial charge < -0.3 is 0 Å². The van der Waals surface area contributed by atoms with E-state index in [4.69, 9.17) is 5.84 Å². The molecule has 2 unspecified atom stereocenters. The predicted octanol–water partition coefficient (Wildman–Crippen LogP) is 4.22. The number of rotatable bonds is 11. The van der Waals surface area contributed by atoms with Gasteiger partial charge in [-0.25, -0.2) is 0 Å². The molecule has 0 aliphatic carbocycles. The Morgan fingerprint density at radius 2 is 1.62 bits per heavy atom. The molecule has 1 heterocycles. The molecule has 3 heteroatoms. The van der Waals surface area contributed by atoms with Crippen molar-refractivity contribution in [1.29, 1.82) is 0 Å². The van der Waals surface area contributed by atoms with Gasteiger partial charge in [0.1, 0.15) is 0 Å². The molecule has 0 aromatic carbocycles. The number of hydrogen-bond donors (Lipinski definition) is 2. The molecule has 1 fully saturated rings. The fourth-order valence-electron chi connectivity index (χ4n) is 3.80. The van der Waals surface area contributed by atoms with Gasteiger partial charge in [0.15, 0.2) is 0 Å². The average Bonchev–Trinajstić information content (AvgIpc) is 2.54. The highest BCUT2D eigenvalue weighted by atomic mass is 15.3. The van der Waals surface area contributed by atoms with Gasteiger partial charge in [0.05, 0.1) is 0 Å². The van der Waals surface area contributed by atoms with E-state index in [0.29, 0.717) is 6.04 Å². The summed E-state index contributed by atoms with van der Waals surface area (Å²) in [5.74, 6) is 5.93. The minimum absolute atomic E-state index is 0.221. The van der Waals surface area contributed by atoms with Gasteiger partial charge in [0, 0.05) is 11.6 Å². The van der Waals surface area contributed by atoms with E-state index >= 15 is 0 Å². The standard InChI is InChI=1S/C18H39N3/c1-4-6-7-8-9-11-14-17(20-19)18(3,5-2)21-15-12-10-13-16-21/h17,20H,4-16,19H2,1-3H3. The van der Waals surface area contributed by atoms with Crippen molar-refractivity contribution in [2.24, 2.45) is 5.84 Å². The van der Waals surface area contributed by atoms with Gasteiger partial charge >= 0.3 is 0 Å². The Hall–Kier alpha value is -0.120. The van der Waals surface area contributed by atoms with E-state index in [1.807, 2.05) is 0 Å². The molecule has 21 heavy (non-hydrogen) atoms. The number of nitrogens with zero attached hydrogens (tertiary/aromatic N) is 1.